The van der Waals surface area contributed by atoms with E-state index in [1.165, 1.54) is 17.0 Å². The van der Waals surface area contributed by atoms with Gasteiger partial charge in [0.2, 0.25) is 0 Å². The minimum absolute atomic E-state index is 0.0268. The standard InChI is InChI=1S/C13H13BrN2O5/c1-7-9(13(18)19)4-5-15(7)12(17)10-3-2-8(14)6-11(10)16(20)21/h2-3,6-7,9H,4-5H2,1H3,(H,18,19). The van der Waals surface area contributed by atoms with Crippen molar-refractivity contribution in [3.8, 4) is 0 Å². The number of carbonyl (C=O) groups is 2. The molecule has 112 valence electrons. The van der Waals surface area contributed by atoms with Crippen LogP contribution in [0.3, 0.4) is 0 Å². The van der Waals surface area contributed by atoms with Crippen molar-refractivity contribution >= 4 is 33.5 Å². The van der Waals surface area contributed by atoms with Crippen LogP contribution in [0.25, 0.3) is 0 Å². The molecule has 0 aliphatic carbocycles. The number of nitro groups is 1. The highest BCUT2D eigenvalue weighted by atomic mass is 79.9. The quantitative estimate of drug-likeness (QED) is 0.661. The third kappa shape index (κ3) is 2.90. The summed E-state index contributed by atoms with van der Waals surface area (Å²) in [5, 5.41) is 20.1. The predicted octanol–water partition coefficient (Wildman–Crippen LogP) is 2.29. The molecule has 1 N–H and O–H groups in total. The maximum Gasteiger partial charge on any atom is 0.308 e. The Morgan fingerprint density at radius 3 is 2.67 bits per heavy atom. The summed E-state index contributed by atoms with van der Waals surface area (Å²) in [4.78, 5) is 35.4. The average Bonchev–Trinajstić information content (AvgIpc) is 2.79. The van der Waals surface area contributed by atoms with E-state index < -0.39 is 28.8 Å². The summed E-state index contributed by atoms with van der Waals surface area (Å²) in [5.74, 6) is -2.10. The van der Waals surface area contributed by atoms with Crippen molar-refractivity contribution in [3.63, 3.8) is 0 Å². The Morgan fingerprint density at radius 1 is 1.48 bits per heavy atom. The number of benzene rings is 1. The van der Waals surface area contributed by atoms with E-state index in [4.69, 9.17) is 5.11 Å². The van der Waals surface area contributed by atoms with Crippen LogP contribution in [0, 0.1) is 16.0 Å². The Bertz CT molecular complexity index is 619. The van der Waals surface area contributed by atoms with Crippen LogP contribution in [0.15, 0.2) is 22.7 Å². The minimum Gasteiger partial charge on any atom is -0.481 e. The van der Waals surface area contributed by atoms with Gasteiger partial charge in [-0.15, -0.1) is 0 Å². The molecular weight excluding hydrogens is 344 g/mol. The van der Waals surface area contributed by atoms with Crippen LogP contribution < -0.4 is 0 Å². The van der Waals surface area contributed by atoms with Crippen molar-refractivity contribution < 1.29 is 19.6 Å². The average molecular weight is 357 g/mol. The number of carboxylic acids is 1. The zero-order chi connectivity index (χ0) is 15.7. The lowest BCUT2D eigenvalue weighted by Crippen LogP contribution is -2.37. The van der Waals surface area contributed by atoms with Crippen LogP contribution in [-0.2, 0) is 4.79 Å². The minimum atomic E-state index is -0.955. The second-order valence-electron chi connectivity index (χ2n) is 4.89. The molecule has 1 amide bonds. The molecule has 0 spiro atoms. The number of hydrogen-bond donors (Lipinski definition) is 1. The van der Waals surface area contributed by atoms with Crippen LogP contribution in [-0.4, -0.2) is 39.4 Å². The second kappa shape index (κ2) is 5.80. The van der Waals surface area contributed by atoms with Gasteiger partial charge < -0.3 is 10.0 Å². The smallest absolute Gasteiger partial charge is 0.308 e. The van der Waals surface area contributed by atoms with Crippen LogP contribution in [0.1, 0.15) is 23.7 Å². The molecular formula is C13H13BrN2O5. The first-order valence-electron chi connectivity index (χ1n) is 6.30. The van der Waals surface area contributed by atoms with Crippen LogP contribution >= 0.6 is 15.9 Å². The number of amides is 1. The molecule has 8 heteroatoms. The van der Waals surface area contributed by atoms with Gasteiger partial charge in [0.15, 0.2) is 0 Å². The highest BCUT2D eigenvalue weighted by molar-refractivity contribution is 9.10. The summed E-state index contributed by atoms with van der Waals surface area (Å²) in [7, 11) is 0. The molecule has 1 saturated heterocycles. The normalized spacial score (nSPS) is 21.3. The number of carbonyl (C=O) groups excluding carboxylic acids is 1. The molecule has 1 aromatic carbocycles. The van der Waals surface area contributed by atoms with Gasteiger partial charge in [-0.3, -0.25) is 19.7 Å². The molecule has 0 saturated carbocycles. The SMILES string of the molecule is CC1C(C(=O)O)CCN1C(=O)c1ccc(Br)cc1[N+](=O)[O-]. The molecule has 2 unspecified atom stereocenters. The van der Waals surface area contributed by atoms with Gasteiger partial charge in [-0.25, -0.2) is 0 Å². The van der Waals surface area contributed by atoms with Crippen LogP contribution in [0.5, 0.6) is 0 Å². The van der Waals surface area contributed by atoms with Crippen LogP contribution in [0.4, 0.5) is 5.69 Å². The zero-order valence-electron chi connectivity index (χ0n) is 11.2. The van der Waals surface area contributed by atoms with Gasteiger partial charge in [-0.1, -0.05) is 15.9 Å². The first-order chi connectivity index (χ1) is 9.82. The monoisotopic (exact) mass is 356 g/mol. The molecule has 2 rings (SSSR count). The van der Waals surface area contributed by atoms with E-state index in [9.17, 15) is 19.7 Å². The second-order valence-corrected chi connectivity index (χ2v) is 5.81. The summed E-state index contributed by atoms with van der Waals surface area (Å²) in [6, 6.07) is 3.71. The number of nitro benzene ring substituents is 1. The number of carboxylic acid groups (broad SMARTS) is 1. The van der Waals surface area contributed by atoms with Gasteiger partial charge in [0, 0.05) is 23.1 Å². The van der Waals surface area contributed by atoms with Crippen molar-refractivity contribution in [2.24, 2.45) is 5.92 Å². The molecule has 21 heavy (non-hydrogen) atoms. The van der Waals surface area contributed by atoms with Crippen molar-refractivity contribution in [1.29, 1.82) is 0 Å². The first kappa shape index (κ1) is 15.4. The summed E-state index contributed by atoms with van der Waals surface area (Å²) in [6.07, 6.45) is 0.354. The number of rotatable bonds is 3. The van der Waals surface area contributed by atoms with Crippen molar-refractivity contribution in [2.45, 2.75) is 19.4 Å². The third-order valence-electron chi connectivity index (χ3n) is 3.72. The Morgan fingerprint density at radius 2 is 2.14 bits per heavy atom. The Hall–Kier alpha value is -1.96. The number of nitrogens with zero attached hydrogens (tertiary/aromatic N) is 2. The molecule has 2 atom stereocenters. The van der Waals surface area contributed by atoms with E-state index in [1.54, 1.807) is 13.0 Å². The largest absolute Gasteiger partial charge is 0.481 e. The molecule has 1 heterocycles. The molecule has 0 bridgehead atoms. The molecule has 1 fully saturated rings. The van der Waals surface area contributed by atoms with Crippen LogP contribution in [0.2, 0.25) is 0 Å². The van der Waals surface area contributed by atoms with Gasteiger partial charge in [0.05, 0.1) is 10.8 Å². The molecule has 0 aromatic heterocycles. The van der Waals surface area contributed by atoms with Gasteiger partial charge >= 0.3 is 5.97 Å². The van der Waals surface area contributed by atoms with E-state index in [1.807, 2.05) is 0 Å². The summed E-state index contributed by atoms with van der Waals surface area (Å²) in [6.45, 7) is 1.93. The molecule has 7 nitrogen and oxygen atoms in total. The van der Waals surface area contributed by atoms with Gasteiger partial charge in [0.1, 0.15) is 5.56 Å². The molecule has 1 aromatic rings. The fraction of sp³-hybridized carbons (Fsp3) is 0.385. The Labute approximate surface area is 128 Å². The Balaban J connectivity index is 2.33. The fourth-order valence-corrected chi connectivity index (χ4v) is 2.90. The fourth-order valence-electron chi connectivity index (χ4n) is 2.55. The van der Waals surface area contributed by atoms with Gasteiger partial charge in [0.25, 0.3) is 11.6 Å². The maximum atomic E-state index is 12.5. The van der Waals surface area contributed by atoms with E-state index in [0.717, 1.165) is 0 Å². The van der Waals surface area contributed by atoms with Gasteiger partial charge in [-0.05, 0) is 25.5 Å². The van der Waals surface area contributed by atoms with Gasteiger partial charge in [-0.2, -0.15) is 0 Å². The lowest BCUT2D eigenvalue weighted by molar-refractivity contribution is -0.385. The lowest BCUT2D eigenvalue weighted by atomic mass is 10.0. The summed E-state index contributed by atoms with van der Waals surface area (Å²) in [5.41, 5.74) is -0.318. The van der Waals surface area contributed by atoms with E-state index >= 15 is 0 Å². The number of likely N-dealkylation sites (tertiary alicyclic amines) is 1. The van der Waals surface area contributed by atoms with E-state index in [2.05, 4.69) is 15.9 Å². The van der Waals surface area contributed by atoms with E-state index in [0.29, 0.717) is 10.9 Å². The van der Waals surface area contributed by atoms with E-state index in [-0.39, 0.29) is 17.8 Å². The van der Waals surface area contributed by atoms with Crippen molar-refractivity contribution in [3.05, 3.63) is 38.3 Å². The highest BCUT2D eigenvalue weighted by Gasteiger charge is 2.39. The third-order valence-corrected chi connectivity index (χ3v) is 4.21. The molecule has 0 radical (unpaired) electrons. The topological polar surface area (TPSA) is 101 Å². The Kier molecular flexibility index (Phi) is 4.26. The zero-order valence-corrected chi connectivity index (χ0v) is 12.7. The highest BCUT2D eigenvalue weighted by Crippen LogP contribution is 2.30. The number of halogens is 1. The molecule has 1 aliphatic rings. The summed E-state index contributed by atoms with van der Waals surface area (Å²) >= 11 is 3.13. The maximum absolute atomic E-state index is 12.5. The predicted molar refractivity (Wildman–Crippen MR) is 77.0 cm³/mol. The lowest BCUT2D eigenvalue weighted by Gasteiger charge is -2.23. The van der Waals surface area contributed by atoms with Crippen molar-refractivity contribution in [2.75, 3.05) is 6.54 Å². The number of hydrogen-bond acceptors (Lipinski definition) is 4. The van der Waals surface area contributed by atoms with Crippen molar-refractivity contribution in [1.82, 2.24) is 4.90 Å². The molecule has 1 aliphatic heterocycles. The first-order valence-corrected chi connectivity index (χ1v) is 7.10. The summed E-state index contributed by atoms with van der Waals surface area (Å²) < 4.78 is 0.503. The number of aliphatic carboxylic acids is 1.